The van der Waals surface area contributed by atoms with Crippen LogP contribution in [0.25, 0.3) is 0 Å². The third kappa shape index (κ3) is 4.58. The molecule has 0 saturated heterocycles. The van der Waals surface area contributed by atoms with Crippen LogP contribution in [0.1, 0.15) is 19.4 Å². The fraction of sp³-hybridized carbons (Fsp3) is 0.308. The lowest BCUT2D eigenvalue weighted by Crippen LogP contribution is -2.17. The van der Waals surface area contributed by atoms with E-state index < -0.39 is 0 Å². The van der Waals surface area contributed by atoms with E-state index in [0.717, 1.165) is 5.56 Å². The standard InChI is InChI=1S/C13H14Cl2N2O/c1-4-5-11-12(14)6-10(7-13(11)15)16-8-17-18-9(2)3/h1,6-9H,5H2,2-3H3,(H,16,17). The molecule has 0 unspecified atom stereocenters. The van der Waals surface area contributed by atoms with Gasteiger partial charge in [-0.25, -0.2) is 4.99 Å². The number of terminal acetylenes is 1. The number of aliphatic imine (C=N–C) groups is 1. The molecule has 18 heavy (non-hydrogen) atoms. The Labute approximate surface area is 117 Å². The predicted molar refractivity (Wildman–Crippen MR) is 76.5 cm³/mol. The van der Waals surface area contributed by atoms with E-state index in [2.05, 4.69) is 16.4 Å². The second-order valence-corrected chi connectivity index (χ2v) is 4.63. The number of hydroxylamine groups is 1. The van der Waals surface area contributed by atoms with Crippen LogP contribution >= 0.6 is 23.2 Å². The molecule has 0 amide bonds. The maximum atomic E-state index is 6.07. The summed E-state index contributed by atoms with van der Waals surface area (Å²) in [4.78, 5) is 9.21. The lowest BCUT2D eigenvalue weighted by Gasteiger charge is -2.06. The van der Waals surface area contributed by atoms with Gasteiger partial charge in [-0.2, -0.15) is 0 Å². The second kappa shape index (κ2) is 7.27. The Balaban J connectivity index is 2.77. The van der Waals surface area contributed by atoms with Crippen molar-refractivity contribution in [3.8, 4) is 12.3 Å². The van der Waals surface area contributed by atoms with Gasteiger partial charge in [0.1, 0.15) is 6.34 Å². The zero-order valence-electron chi connectivity index (χ0n) is 10.2. The summed E-state index contributed by atoms with van der Waals surface area (Å²) in [6.45, 7) is 3.81. The third-order valence-corrected chi connectivity index (χ3v) is 2.65. The third-order valence-electron chi connectivity index (χ3n) is 1.97. The Kier molecular flexibility index (Phi) is 6.00. The van der Waals surface area contributed by atoms with E-state index in [9.17, 15) is 0 Å². The van der Waals surface area contributed by atoms with Crippen molar-refractivity contribution in [1.82, 2.24) is 5.48 Å². The minimum absolute atomic E-state index is 0.0710. The minimum atomic E-state index is 0.0710. The zero-order chi connectivity index (χ0) is 13.5. The van der Waals surface area contributed by atoms with Gasteiger partial charge in [0.2, 0.25) is 0 Å². The molecule has 0 bridgehead atoms. The normalized spacial score (nSPS) is 10.9. The molecule has 0 heterocycles. The first-order valence-corrected chi connectivity index (χ1v) is 6.15. The molecule has 1 rings (SSSR count). The van der Waals surface area contributed by atoms with Crippen LogP contribution in [0.2, 0.25) is 10.0 Å². The quantitative estimate of drug-likeness (QED) is 0.387. The van der Waals surface area contributed by atoms with Crippen molar-refractivity contribution in [1.29, 1.82) is 0 Å². The number of nitrogens with one attached hydrogen (secondary N) is 1. The molecule has 0 aliphatic rings. The minimum Gasteiger partial charge on any atom is -0.273 e. The fourth-order valence-corrected chi connectivity index (χ4v) is 1.81. The first-order valence-electron chi connectivity index (χ1n) is 5.39. The van der Waals surface area contributed by atoms with Crippen LogP contribution in [-0.2, 0) is 11.3 Å². The van der Waals surface area contributed by atoms with E-state index in [1.807, 2.05) is 13.8 Å². The predicted octanol–water partition coefficient (Wildman–Crippen LogP) is 3.76. The van der Waals surface area contributed by atoms with Gasteiger partial charge in [0, 0.05) is 22.0 Å². The first-order chi connectivity index (χ1) is 8.54. The summed E-state index contributed by atoms with van der Waals surface area (Å²) in [5.74, 6) is 2.51. The number of hydrogen-bond acceptors (Lipinski definition) is 2. The number of benzene rings is 1. The summed E-state index contributed by atoms with van der Waals surface area (Å²) in [5.41, 5.74) is 3.97. The van der Waals surface area contributed by atoms with Crippen molar-refractivity contribution in [3.05, 3.63) is 27.7 Å². The summed E-state index contributed by atoms with van der Waals surface area (Å²) in [5, 5.41) is 1.02. The summed E-state index contributed by atoms with van der Waals surface area (Å²) in [6, 6.07) is 3.40. The van der Waals surface area contributed by atoms with Crippen LogP contribution in [0.5, 0.6) is 0 Å². The Morgan fingerprint density at radius 2 is 2.06 bits per heavy atom. The van der Waals surface area contributed by atoms with Crippen molar-refractivity contribution >= 4 is 35.2 Å². The van der Waals surface area contributed by atoms with Crippen molar-refractivity contribution < 1.29 is 4.84 Å². The topological polar surface area (TPSA) is 33.6 Å². The maximum absolute atomic E-state index is 6.07. The highest BCUT2D eigenvalue weighted by molar-refractivity contribution is 6.36. The molecular weight excluding hydrogens is 271 g/mol. The molecule has 0 aromatic heterocycles. The highest BCUT2D eigenvalue weighted by Gasteiger charge is 2.06. The van der Waals surface area contributed by atoms with Gasteiger partial charge in [0.05, 0.1) is 11.8 Å². The molecule has 1 aromatic carbocycles. The van der Waals surface area contributed by atoms with Gasteiger partial charge in [-0.15, -0.1) is 12.3 Å². The van der Waals surface area contributed by atoms with Crippen molar-refractivity contribution in [2.24, 2.45) is 4.99 Å². The van der Waals surface area contributed by atoms with E-state index >= 15 is 0 Å². The molecule has 3 nitrogen and oxygen atoms in total. The van der Waals surface area contributed by atoms with Crippen LogP contribution in [-0.4, -0.2) is 12.4 Å². The Morgan fingerprint density at radius 3 is 2.56 bits per heavy atom. The average molecular weight is 285 g/mol. The number of nitrogens with zero attached hydrogens (tertiary/aromatic N) is 1. The van der Waals surface area contributed by atoms with Crippen molar-refractivity contribution in [2.45, 2.75) is 26.4 Å². The molecule has 96 valence electrons. The summed E-state index contributed by atoms with van der Waals surface area (Å²) in [6.07, 6.45) is 7.14. The fourth-order valence-electron chi connectivity index (χ4n) is 1.20. The number of hydrogen-bond donors (Lipinski definition) is 1. The molecule has 0 saturated carbocycles. The van der Waals surface area contributed by atoms with E-state index in [-0.39, 0.29) is 6.10 Å². The number of rotatable bonds is 5. The molecule has 1 N–H and O–H groups in total. The van der Waals surface area contributed by atoms with E-state index in [0.29, 0.717) is 22.2 Å². The summed E-state index contributed by atoms with van der Waals surface area (Å²) < 4.78 is 0. The van der Waals surface area contributed by atoms with Crippen LogP contribution in [0.15, 0.2) is 17.1 Å². The molecule has 0 spiro atoms. The van der Waals surface area contributed by atoms with Crippen LogP contribution in [0, 0.1) is 12.3 Å². The van der Waals surface area contributed by atoms with Crippen LogP contribution in [0.3, 0.4) is 0 Å². The van der Waals surface area contributed by atoms with Gasteiger partial charge >= 0.3 is 0 Å². The van der Waals surface area contributed by atoms with E-state index in [1.54, 1.807) is 12.1 Å². The average Bonchev–Trinajstić information content (AvgIpc) is 2.29. The van der Waals surface area contributed by atoms with Gasteiger partial charge in [0.15, 0.2) is 0 Å². The Morgan fingerprint density at radius 1 is 1.44 bits per heavy atom. The smallest absolute Gasteiger partial charge is 0.113 e. The highest BCUT2D eigenvalue weighted by atomic mass is 35.5. The van der Waals surface area contributed by atoms with Crippen molar-refractivity contribution in [2.75, 3.05) is 0 Å². The van der Waals surface area contributed by atoms with Crippen LogP contribution < -0.4 is 5.48 Å². The molecule has 0 fully saturated rings. The molecule has 1 aromatic rings. The zero-order valence-corrected chi connectivity index (χ0v) is 11.7. The molecule has 0 atom stereocenters. The molecule has 0 aliphatic carbocycles. The first kappa shape index (κ1) is 14.8. The Hall–Kier alpha value is -1.21. The number of halogens is 2. The molecule has 5 heteroatoms. The lowest BCUT2D eigenvalue weighted by molar-refractivity contribution is 0.0362. The van der Waals surface area contributed by atoms with Gasteiger partial charge < -0.3 is 0 Å². The van der Waals surface area contributed by atoms with E-state index in [4.69, 9.17) is 34.5 Å². The maximum Gasteiger partial charge on any atom is 0.113 e. The molecular formula is C13H14Cl2N2O. The highest BCUT2D eigenvalue weighted by Crippen LogP contribution is 2.30. The largest absolute Gasteiger partial charge is 0.273 e. The summed E-state index contributed by atoms with van der Waals surface area (Å²) in [7, 11) is 0. The molecule has 0 radical (unpaired) electrons. The van der Waals surface area contributed by atoms with Gasteiger partial charge in [-0.3, -0.25) is 10.3 Å². The lowest BCUT2D eigenvalue weighted by atomic mass is 10.1. The summed E-state index contributed by atoms with van der Waals surface area (Å²) >= 11 is 12.1. The second-order valence-electron chi connectivity index (χ2n) is 3.81. The van der Waals surface area contributed by atoms with Gasteiger partial charge in [-0.05, 0) is 26.0 Å². The SMILES string of the molecule is C#CCc1c(Cl)cc(N=CNOC(C)C)cc1Cl. The van der Waals surface area contributed by atoms with Gasteiger partial charge in [0.25, 0.3) is 0 Å². The molecule has 0 aliphatic heterocycles. The monoisotopic (exact) mass is 284 g/mol. The van der Waals surface area contributed by atoms with Crippen LogP contribution in [0.4, 0.5) is 5.69 Å². The van der Waals surface area contributed by atoms with Gasteiger partial charge in [-0.1, -0.05) is 23.2 Å². The van der Waals surface area contributed by atoms with E-state index in [1.165, 1.54) is 6.34 Å². The van der Waals surface area contributed by atoms with Crippen molar-refractivity contribution in [3.63, 3.8) is 0 Å². The Bertz CT molecular complexity index is 455.